The van der Waals surface area contributed by atoms with Gasteiger partial charge in [0.15, 0.2) is 0 Å². The molecule has 0 aliphatic carbocycles. The summed E-state index contributed by atoms with van der Waals surface area (Å²) in [6.07, 6.45) is 17.8. The smallest absolute Gasteiger partial charge is 0.332 e. The van der Waals surface area contributed by atoms with E-state index in [4.69, 9.17) is 42.6 Å². The van der Waals surface area contributed by atoms with Crippen molar-refractivity contribution in [3.05, 3.63) is 0 Å². The number of hydrogen-bond acceptors (Lipinski definition) is 10. The highest BCUT2D eigenvalue weighted by atomic mass is 16.6. The van der Waals surface area contributed by atoms with Crippen LogP contribution in [0.25, 0.3) is 0 Å². The molecule has 0 spiro atoms. The SMILES string of the molecule is CCCCCCCCCCCCCCCOCCOCCOCCOCCOCCOCCOCCOCC(=O)OC(C)(C)C. The Hall–Kier alpha value is -0.850. The lowest BCUT2D eigenvalue weighted by molar-refractivity contribution is -0.160. The van der Waals surface area contributed by atoms with Crippen LogP contribution in [0.15, 0.2) is 0 Å². The highest BCUT2D eigenvalue weighted by Gasteiger charge is 2.15. The topological polar surface area (TPSA) is 100 Å². The molecule has 270 valence electrons. The molecular weight excluding hydrogens is 580 g/mol. The average Bonchev–Trinajstić information content (AvgIpc) is 3.00. The Morgan fingerprint density at radius 1 is 0.378 bits per heavy atom. The van der Waals surface area contributed by atoms with E-state index >= 15 is 0 Å². The molecule has 0 amide bonds. The minimum atomic E-state index is -0.503. The maximum absolute atomic E-state index is 11.5. The van der Waals surface area contributed by atoms with Gasteiger partial charge >= 0.3 is 5.97 Å². The molecule has 0 atom stereocenters. The summed E-state index contributed by atoms with van der Waals surface area (Å²) in [6, 6.07) is 0. The van der Waals surface area contributed by atoms with Gasteiger partial charge in [-0.05, 0) is 27.2 Å². The van der Waals surface area contributed by atoms with Gasteiger partial charge in [0.05, 0.1) is 92.5 Å². The van der Waals surface area contributed by atoms with Crippen LogP contribution in [0.3, 0.4) is 0 Å². The van der Waals surface area contributed by atoms with Crippen LogP contribution >= 0.6 is 0 Å². The number of carbonyl (C=O) groups excluding carboxylic acids is 1. The Kier molecular flexibility index (Phi) is 35.3. The van der Waals surface area contributed by atoms with Crippen LogP contribution in [0.5, 0.6) is 0 Å². The number of hydrogen-bond donors (Lipinski definition) is 0. The molecule has 0 bridgehead atoms. The normalized spacial score (nSPS) is 11.8. The fourth-order valence-electron chi connectivity index (χ4n) is 4.29. The van der Waals surface area contributed by atoms with Crippen molar-refractivity contribution >= 4 is 5.97 Å². The highest BCUT2D eigenvalue weighted by molar-refractivity contribution is 5.71. The fraction of sp³-hybridized carbons (Fsp3) is 0.971. The van der Waals surface area contributed by atoms with Gasteiger partial charge in [-0.3, -0.25) is 0 Å². The van der Waals surface area contributed by atoms with Gasteiger partial charge in [-0.25, -0.2) is 4.79 Å². The molecule has 0 aliphatic heterocycles. The third-order valence-electron chi connectivity index (χ3n) is 6.64. The van der Waals surface area contributed by atoms with E-state index in [1.165, 1.54) is 77.0 Å². The number of carbonyl (C=O) groups is 1. The number of rotatable bonds is 37. The molecule has 0 N–H and O–H groups in total. The second-order valence-electron chi connectivity index (χ2n) is 12.2. The lowest BCUT2D eigenvalue weighted by Crippen LogP contribution is -2.27. The summed E-state index contributed by atoms with van der Waals surface area (Å²) in [7, 11) is 0. The Labute approximate surface area is 275 Å². The molecule has 0 radical (unpaired) electrons. The van der Waals surface area contributed by atoms with Crippen molar-refractivity contribution in [2.24, 2.45) is 0 Å². The molecule has 0 aromatic carbocycles. The van der Waals surface area contributed by atoms with E-state index in [9.17, 15) is 4.79 Å². The van der Waals surface area contributed by atoms with E-state index in [1.54, 1.807) is 0 Å². The second-order valence-corrected chi connectivity index (χ2v) is 12.2. The van der Waals surface area contributed by atoms with Gasteiger partial charge in [0, 0.05) is 6.61 Å². The van der Waals surface area contributed by atoms with Crippen molar-refractivity contribution in [2.45, 2.75) is 117 Å². The standard InChI is InChI=1S/C35H70O10/c1-5-6-7-8-9-10-11-12-13-14-15-16-17-18-37-19-20-38-21-22-39-23-24-40-25-26-41-27-28-42-29-30-43-31-32-44-33-34(36)45-35(2,3)4/h5-33H2,1-4H3. The molecule has 0 saturated heterocycles. The first-order valence-electron chi connectivity index (χ1n) is 17.8. The molecule has 0 fully saturated rings. The van der Waals surface area contributed by atoms with Crippen molar-refractivity contribution in [3.63, 3.8) is 0 Å². The van der Waals surface area contributed by atoms with Crippen LogP contribution in [0.2, 0.25) is 0 Å². The molecular formula is C35H70O10. The number of ether oxygens (including phenoxy) is 9. The van der Waals surface area contributed by atoms with Gasteiger partial charge in [0.2, 0.25) is 0 Å². The Balaban J connectivity index is 3.09. The van der Waals surface area contributed by atoms with Crippen LogP contribution in [0.4, 0.5) is 0 Å². The van der Waals surface area contributed by atoms with Crippen molar-refractivity contribution in [1.29, 1.82) is 0 Å². The largest absolute Gasteiger partial charge is 0.458 e. The predicted octanol–water partition coefficient (Wildman–Crippen LogP) is 6.55. The molecule has 10 nitrogen and oxygen atoms in total. The molecule has 0 unspecified atom stereocenters. The van der Waals surface area contributed by atoms with Crippen molar-refractivity contribution in [1.82, 2.24) is 0 Å². The summed E-state index contributed by atoms with van der Waals surface area (Å²) >= 11 is 0. The van der Waals surface area contributed by atoms with E-state index in [1.807, 2.05) is 20.8 Å². The summed E-state index contributed by atoms with van der Waals surface area (Å²) in [6.45, 7) is 15.6. The van der Waals surface area contributed by atoms with Crippen LogP contribution in [0.1, 0.15) is 111 Å². The van der Waals surface area contributed by atoms with E-state index in [2.05, 4.69) is 6.92 Å². The first-order valence-corrected chi connectivity index (χ1v) is 17.8. The number of esters is 1. The zero-order chi connectivity index (χ0) is 32.9. The van der Waals surface area contributed by atoms with E-state index in [0.717, 1.165) is 13.0 Å². The fourth-order valence-corrected chi connectivity index (χ4v) is 4.29. The van der Waals surface area contributed by atoms with Crippen LogP contribution in [0, 0.1) is 0 Å². The molecule has 0 aromatic rings. The molecule has 10 heteroatoms. The van der Waals surface area contributed by atoms with Gasteiger partial charge in [0.1, 0.15) is 12.2 Å². The van der Waals surface area contributed by atoms with Crippen LogP contribution < -0.4 is 0 Å². The summed E-state index contributed by atoms with van der Waals surface area (Å²) in [5.74, 6) is -0.378. The summed E-state index contributed by atoms with van der Waals surface area (Å²) in [5.41, 5.74) is -0.503. The minimum Gasteiger partial charge on any atom is -0.458 e. The molecule has 0 saturated carbocycles. The zero-order valence-electron chi connectivity index (χ0n) is 29.6. The predicted molar refractivity (Wildman–Crippen MR) is 178 cm³/mol. The Morgan fingerprint density at radius 3 is 0.956 bits per heavy atom. The third-order valence-corrected chi connectivity index (χ3v) is 6.64. The summed E-state index contributed by atoms with van der Waals surface area (Å²) < 4.78 is 48.9. The monoisotopic (exact) mass is 650 g/mol. The average molecular weight is 651 g/mol. The number of unbranched alkanes of at least 4 members (excludes halogenated alkanes) is 12. The lowest BCUT2D eigenvalue weighted by atomic mass is 10.0. The zero-order valence-corrected chi connectivity index (χ0v) is 29.6. The lowest BCUT2D eigenvalue weighted by Gasteiger charge is -2.19. The highest BCUT2D eigenvalue weighted by Crippen LogP contribution is 2.12. The molecule has 0 aliphatic rings. The van der Waals surface area contributed by atoms with Gasteiger partial charge in [-0.15, -0.1) is 0 Å². The Bertz CT molecular complexity index is 585. The quantitative estimate of drug-likeness (QED) is 0.0543. The summed E-state index contributed by atoms with van der Waals surface area (Å²) in [4.78, 5) is 11.5. The van der Waals surface area contributed by atoms with Gasteiger partial charge in [0.25, 0.3) is 0 Å². The van der Waals surface area contributed by atoms with Crippen molar-refractivity contribution in [2.75, 3.05) is 106 Å². The second kappa shape index (κ2) is 36.0. The molecule has 0 rings (SSSR count). The minimum absolute atomic E-state index is 0.0734. The third kappa shape index (κ3) is 41.1. The molecule has 0 aromatic heterocycles. The van der Waals surface area contributed by atoms with E-state index < -0.39 is 5.60 Å². The summed E-state index contributed by atoms with van der Waals surface area (Å²) in [5, 5.41) is 0. The van der Waals surface area contributed by atoms with Crippen LogP contribution in [-0.4, -0.2) is 117 Å². The Morgan fingerprint density at radius 2 is 0.644 bits per heavy atom. The maximum atomic E-state index is 11.5. The molecule has 0 heterocycles. The van der Waals surface area contributed by atoms with Gasteiger partial charge in [-0.1, -0.05) is 84.0 Å². The van der Waals surface area contributed by atoms with Crippen molar-refractivity contribution in [3.8, 4) is 0 Å². The van der Waals surface area contributed by atoms with Gasteiger partial charge in [-0.2, -0.15) is 0 Å². The maximum Gasteiger partial charge on any atom is 0.332 e. The van der Waals surface area contributed by atoms with Crippen molar-refractivity contribution < 1.29 is 47.4 Å². The van der Waals surface area contributed by atoms with E-state index in [-0.39, 0.29) is 12.6 Å². The van der Waals surface area contributed by atoms with Gasteiger partial charge < -0.3 is 42.6 Å². The first kappa shape index (κ1) is 44.1. The van der Waals surface area contributed by atoms with Crippen LogP contribution in [-0.2, 0) is 47.4 Å². The van der Waals surface area contributed by atoms with E-state index in [0.29, 0.717) is 92.5 Å². The molecule has 45 heavy (non-hydrogen) atoms. The first-order chi connectivity index (χ1) is 22.0.